The molecule has 0 spiro atoms. The molecular weight excluding hydrogens is 244 g/mol. The van der Waals surface area contributed by atoms with Crippen molar-refractivity contribution in [2.75, 3.05) is 39.5 Å². The zero-order valence-electron chi connectivity index (χ0n) is 11.6. The molecule has 0 atom stereocenters. The second kappa shape index (κ2) is 6.01. The number of anilines is 1. The lowest BCUT2D eigenvalue weighted by atomic mass is 9.97. The van der Waals surface area contributed by atoms with E-state index < -0.39 is 0 Å². The van der Waals surface area contributed by atoms with Crippen molar-refractivity contribution >= 4 is 11.9 Å². The van der Waals surface area contributed by atoms with Gasteiger partial charge in [0.25, 0.3) is 0 Å². The van der Waals surface area contributed by atoms with Crippen molar-refractivity contribution in [3.63, 3.8) is 0 Å². The van der Waals surface area contributed by atoms with Crippen molar-refractivity contribution in [3.05, 3.63) is 6.33 Å². The zero-order chi connectivity index (χ0) is 13.8. The molecule has 1 amide bonds. The molecule has 0 bridgehead atoms. The number of nitrogen functional groups attached to an aromatic ring is 1. The number of amides is 1. The normalized spacial score (nSPS) is 17.6. The van der Waals surface area contributed by atoms with Crippen LogP contribution in [0.1, 0.15) is 12.8 Å². The standard InChI is InChI=1S/C12H22N6O/c1-16-5-3-10(4-6-16)7-17(2)11(19)8-18-9-14-12(13)15-18/h9-10H,3-8H2,1-2H3,(H2,13,15). The molecule has 1 fully saturated rings. The van der Waals surface area contributed by atoms with Gasteiger partial charge in [0.2, 0.25) is 11.9 Å². The summed E-state index contributed by atoms with van der Waals surface area (Å²) in [4.78, 5) is 20.0. The van der Waals surface area contributed by atoms with Crippen LogP contribution in [0.25, 0.3) is 0 Å². The predicted octanol–water partition coefficient (Wildman–Crippen LogP) is -0.339. The highest BCUT2D eigenvalue weighted by Gasteiger charge is 2.20. The smallest absolute Gasteiger partial charge is 0.244 e. The summed E-state index contributed by atoms with van der Waals surface area (Å²) < 4.78 is 1.48. The third-order valence-corrected chi connectivity index (χ3v) is 3.65. The van der Waals surface area contributed by atoms with Gasteiger partial charge in [0, 0.05) is 13.6 Å². The van der Waals surface area contributed by atoms with E-state index in [1.165, 1.54) is 11.0 Å². The van der Waals surface area contributed by atoms with E-state index >= 15 is 0 Å². The van der Waals surface area contributed by atoms with Gasteiger partial charge in [-0.1, -0.05) is 0 Å². The number of carbonyl (C=O) groups excluding carboxylic acids is 1. The van der Waals surface area contributed by atoms with Gasteiger partial charge < -0.3 is 15.5 Å². The summed E-state index contributed by atoms with van der Waals surface area (Å²) in [5.74, 6) is 0.848. The molecule has 7 heteroatoms. The molecule has 0 saturated carbocycles. The van der Waals surface area contributed by atoms with Gasteiger partial charge in [-0.3, -0.25) is 4.79 Å². The fourth-order valence-electron chi connectivity index (χ4n) is 2.38. The Morgan fingerprint density at radius 2 is 2.21 bits per heavy atom. The van der Waals surface area contributed by atoms with Crippen molar-refractivity contribution in [2.45, 2.75) is 19.4 Å². The average Bonchev–Trinajstić information content (AvgIpc) is 2.77. The Bertz CT molecular complexity index is 424. The first-order valence-electron chi connectivity index (χ1n) is 6.62. The van der Waals surface area contributed by atoms with E-state index in [4.69, 9.17) is 5.73 Å². The lowest BCUT2D eigenvalue weighted by Crippen LogP contribution is -2.39. The Labute approximate surface area is 113 Å². The van der Waals surface area contributed by atoms with Gasteiger partial charge >= 0.3 is 0 Å². The lowest BCUT2D eigenvalue weighted by molar-refractivity contribution is -0.131. The molecule has 106 valence electrons. The van der Waals surface area contributed by atoms with Gasteiger partial charge in [0.15, 0.2) is 0 Å². The van der Waals surface area contributed by atoms with E-state index in [0.717, 1.165) is 32.5 Å². The maximum Gasteiger partial charge on any atom is 0.244 e. The molecule has 1 saturated heterocycles. The van der Waals surface area contributed by atoms with E-state index in [9.17, 15) is 4.79 Å². The van der Waals surface area contributed by atoms with Crippen LogP contribution in [-0.2, 0) is 11.3 Å². The second-order valence-corrected chi connectivity index (χ2v) is 5.32. The molecule has 1 aliphatic heterocycles. The molecule has 19 heavy (non-hydrogen) atoms. The number of nitrogens with two attached hydrogens (primary N) is 1. The number of hydrogen-bond acceptors (Lipinski definition) is 5. The van der Waals surface area contributed by atoms with Crippen LogP contribution in [0.2, 0.25) is 0 Å². The first-order chi connectivity index (χ1) is 9.04. The molecule has 1 aromatic rings. The maximum atomic E-state index is 12.0. The van der Waals surface area contributed by atoms with Gasteiger partial charge in [0.05, 0.1) is 0 Å². The molecular formula is C12H22N6O. The van der Waals surface area contributed by atoms with Crippen LogP contribution < -0.4 is 5.73 Å². The van der Waals surface area contributed by atoms with Gasteiger partial charge in [-0.2, -0.15) is 0 Å². The summed E-state index contributed by atoms with van der Waals surface area (Å²) in [6.45, 7) is 3.25. The predicted molar refractivity (Wildman–Crippen MR) is 72.3 cm³/mol. The molecule has 2 N–H and O–H groups in total. The van der Waals surface area contributed by atoms with Crippen LogP contribution in [0.4, 0.5) is 5.95 Å². The Balaban J connectivity index is 1.79. The van der Waals surface area contributed by atoms with Crippen LogP contribution in [0.15, 0.2) is 6.33 Å². The zero-order valence-corrected chi connectivity index (χ0v) is 11.6. The summed E-state index contributed by atoms with van der Waals surface area (Å²) in [6, 6.07) is 0. The molecule has 7 nitrogen and oxygen atoms in total. The molecule has 1 aromatic heterocycles. The fourth-order valence-corrected chi connectivity index (χ4v) is 2.38. The highest BCUT2D eigenvalue weighted by atomic mass is 16.2. The van der Waals surface area contributed by atoms with E-state index in [1.54, 1.807) is 4.90 Å². The third kappa shape index (κ3) is 3.92. The van der Waals surface area contributed by atoms with Crippen molar-refractivity contribution in [2.24, 2.45) is 5.92 Å². The number of piperidine rings is 1. The fraction of sp³-hybridized carbons (Fsp3) is 0.750. The third-order valence-electron chi connectivity index (χ3n) is 3.65. The van der Waals surface area contributed by atoms with E-state index in [0.29, 0.717) is 5.92 Å². The molecule has 0 radical (unpaired) electrons. The highest BCUT2D eigenvalue weighted by molar-refractivity contribution is 5.75. The minimum absolute atomic E-state index is 0.0452. The first-order valence-corrected chi connectivity index (χ1v) is 6.62. The van der Waals surface area contributed by atoms with Crippen molar-refractivity contribution in [1.82, 2.24) is 24.6 Å². The Morgan fingerprint density at radius 1 is 1.53 bits per heavy atom. The van der Waals surface area contributed by atoms with Gasteiger partial charge in [-0.25, -0.2) is 9.67 Å². The topological polar surface area (TPSA) is 80.3 Å². The number of likely N-dealkylation sites (tertiary alicyclic amines) is 1. The number of rotatable bonds is 4. The largest absolute Gasteiger partial charge is 0.367 e. The average molecular weight is 266 g/mol. The Morgan fingerprint density at radius 3 is 2.79 bits per heavy atom. The van der Waals surface area contributed by atoms with Crippen LogP contribution >= 0.6 is 0 Å². The summed E-state index contributed by atoms with van der Waals surface area (Å²) in [7, 11) is 3.99. The maximum absolute atomic E-state index is 12.0. The number of carbonyl (C=O) groups is 1. The number of nitrogens with zero attached hydrogens (tertiary/aromatic N) is 5. The Kier molecular flexibility index (Phi) is 4.36. The van der Waals surface area contributed by atoms with Crippen LogP contribution in [0.5, 0.6) is 0 Å². The van der Waals surface area contributed by atoms with Gasteiger partial charge in [0.1, 0.15) is 12.9 Å². The summed E-state index contributed by atoms with van der Waals surface area (Å²) in [5.41, 5.74) is 5.42. The van der Waals surface area contributed by atoms with Crippen LogP contribution in [0, 0.1) is 5.92 Å². The molecule has 0 aliphatic carbocycles. The van der Waals surface area contributed by atoms with Crippen molar-refractivity contribution in [1.29, 1.82) is 0 Å². The van der Waals surface area contributed by atoms with E-state index in [-0.39, 0.29) is 18.4 Å². The molecule has 0 aromatic carbocycles. The summed E-state index contributed by atoms with van der Waals surface area (Å²) in [5, 5.41) is 3.92. The first kappa shape index (κ1) is 13.8. The molecule has 0 unspecified atom stereocenters. The van der Waals surface area contributed by atoms with Crippen molar-refractivity contribution in [3.8, 4) is 0 Å². The Hall–Kier alpha value is -1.63. The van der Waals surface area contributed by atoms with Gasteiger partial charge in [-0.15, -0.1) is 5.10 Å². The number of aromatic nitrogens is 3. The van der Waals surface area contributed by atoms with Crippen LogP contribution in [-0.4, -0.2) is 64.2 Å². The highest BCUT2D eigenvalue weighted by Crippen LogP contribution is 2.16. The van der Waals surface area contributed by atoms with E-state index in [1.807, 2.05) is 7.05 Å². The van der Waals surface area contributed by atoms with Crippen molar-refractivity contribution < 1.29 is 4.79 Å². The molecule has 2 heterocycles. The van der Waals surface area contributed by atoms with Crippen LogP contribution in [0.3, 0.4) is 0 Å². The molecule has 2 rings (SSSR count). The SMILES string of the molecule is CN1CCC(CN(C)C(=O)Cn2cnc(N)n2)CC1. The molecule has 1 aliphatic rings. The second-order valence-electron chi connectivity index (χ2n) is 5.32. The number of hydrogen-bond donors (Lipinski definition) is 1. The summed E-state index contributed by atoms with van der Waals surface area (Å²) in [6.07, 6.45) is 3.80. The lowest BCUT2D eigenvalue weighted by Gasteiger charge is -2.31. The van der Waals surface area contributed by atoms with Gasteiger partial charge in [-0.05, 0) is 38.9 Å². The summed E-state index contributed by atoms with van der Waals surface area (Å²) >= 11 is 0. The monoisotopic (exact) mass is 266 g/mol. The minimum Gasteiger partial charge on any atom is -0.367 e. The number of likely N-dealkylation sites (N-methyl/N-ethyl adjacent to an activating group) is 1. The minimum atomic E-state index is 0.0452. The quantitative estimate of drug-likeness (QED) is 0.806. The van der Waals surface area contributed by atoms with E-state index in [2.05, 4.69) is 22.0 Å².